The number of carbonyl (C=O) groups is 1. The van der Waals surface area contributed by atoms with Crippen molar-refractivity contribution in [2.45, 2.75) is 6.54 Å². The molecule has 24 heavy (non-hydrogen) atoms. The summed E-state index contributed by atoms with van der Waals surface area (Å²) in [6.45, 7) is 0.370. The quantitative estimate of drug-likeness (QED) is 0.775. The highest BCUT2D eigenvalue weighted by Crippen LogP contribution is 2.25. The lowest BCUT2D eigenvalue weighted by Gasteiger charge is -2.13. The second-order valence-corrected chi connectivity index (χ2v) is 5.82. The summed E-state index contributed by atoms with van der Waals surface area (Å²) < 4.78 is 0. The Morgan fingerprint density at radius 1 is 1.12 bits per heavy atom. The van der Waals surface area contributed by atoms with E-state index in [1.165, 1.54) is 0 Å². The van der Waals surface area contributed by atoms with Gasteiger partial charge in [0.1, 0.15) is 11.6 Å². The summed E-state index contributed by atoms with van der Waals surface area (Å²) in [6, 6.07) is 14.7. The molecule has 0 saturated heterocycles. The Morgan fingerprint density at radius 2 is 1.83 bits per heavy atom. The summed E-state index contributed by atoms with van der Waals surface area (Å²) in [7, 11) is 3.83. The lowest BCUT2D eigenvalue weighted by molar-refractivity contribution is 0.0948. The average molecular weight is 321 g/mol. The largest absolute Gasteiger partial charge is 0.507 e. The number of nitrogens with one attached hydrogen (secondary N) is 1. The van der Waals surface area contributed by atoms with Gasteiger partial charge in [0.2, 0.25) is 0 Å². The lowest BCUT2D eigenvalue weighted by Crippen LogP contribution is -2.23. The van der Waals surface area contributed by atoms with E-state index in [0.29, 0.717) is 6.54 Å². The van der Waals surface area contributed by atoms with Crippen LogP contribution in [0.3, 0.4) is 0 Å². The first-order valence-electron chi connectivity index (χ1n) is 7.67. The molecule has 3 rings (SSSR count). The topological polar surface area (TPSA) is 65.5 Å². The molecule has 0 atom stereocenters. The van der Waals surface area contributed by atoms with E-state index in [4.69, 9.17) is 0 Å². The number of benzene rings is 2. The fourth-order valence-corrected chi connectivity index (χ4v) is 2.50. The molecule has 0 fully saturated rings. The number of fused-ring (bicyclic) bond motifs is 1. The first-order valence-corrected chi connectivity index (χ1v) is 7.67. The summed E-state index contributed by atoms with van der Waals surface area (Å²) in [5, 5.41) is 14.8. The summed E-state index contributed by atoms with van der Waals surface area (Å²) in [4.78, 5) is 18.6. The number of phenols is 1. The van der Waals surface area contributed by atoms with Crippen LogP contribution in [0, 0.1) is 0 Å². The Kier molecular flexibility index (Phi) is 4.33. The van der Waals surface area contributed by atoms with Crippen LogP contribution in [-0.4, -0.2) is 30.1 Å². The highest BCUT2D eigenvalue weighted by Gasteiger charge is 2.12. The van der Waals surface area contributed by atoms with Crippen LogP contribution in [0.1, 0.15) is 15.9 Å². The predicted molar refractivity (Wildman–Crippen MR) is 95.3 cm³/mol. The number of amides is 1. The Morgan fingerprint density at radius 3 is 2.54 bits per heavy atom. The minimum Gasteiger partial charge on any atom is -0.507 e. The van der Waals surface area contributed by atoms with Gasteiger partial charge in [-0.3, -0.25) is 4.79 Å². The number of nitrogens with zero attached hydrogens (tertiary/aromatic N) is 2. The van der Waals surface area contributed by atoms with Crippen molar-refractivity contribution >= 4 is 22.5 Å². The van der Waals surface area contributed by atoms with Gasteiger partial charge >= 0.3 is 0 Å². The Balaban J connectivity index is 1.78. The molecule has 0 aliphatic heterocycles. The maximum atomic E-state index is 12.4. The number of pyridine rings is 1. The van der Waals surface area contributed by atoms with E-state index in [2.05, 4.69) is 10.3 Å². The maximum Gasteiger partial charge on any atom is 0.255 e. The Hall–Kier alpha value is -3.08. The highest BCUT2D eigenvalue weighted by atomic mass is 16.3. The van der Waals surface area contributed by atoms with Crippen LogP contribution in [-0.2, 0) is 6.54 Å². The van der Waals surface area contributed by atoms with Gasteiger partial charge < -0.3 is 15.3 Å². The minimum absolute atomic E-state index is 0.0186. The van der Waals surface area contributed by atoms with Gasteiger partial charge in [0.05, 0.1) is 5.56 Å². The number of hydrogen-bond acceptors (Lipinski definition) is 4. The van der Waals surface area contributed by atoms with Crippen LogP contribution in [0.5, 0.6) is 5.75 Å². The van der Waals surface area contributed by atoms with Crippen molar-refractivity contribution in [2.24, 2.45) is 0 Å². The van der Waals surface area contributed by atoms with E-state index in [1.807, 2.05) is 55.4 Å². The zero-order valence-electron chi connectivity index (χ0n) is 13.7. The fraction of sp³-hybridized carbons (Fsp3) is 0.158. The summed E-state index contributed by atoms with van der Waals surface area (Å²) in [5.41, 5.74) is 1.22. The molecule has 0 aliphatic carbocycles. The SMILES string of the molecule is CN(C)c1cc(CNC(=O)c2cc3ccccc3cc2O)ccn1. The zero-order chi connectivity index (χ0) is 17.1. The number of hydrogen-bond donors (Lipinski definition) is 2. The highest BCUT2D eigenvalue weighted by molar-refractivity contribution is 6.01. The van der Waals surface area contributed by atoms with E-state index < -0.39 is 0 Å². The molecule has 3 aromatic rings. The molecule has 2 aromatic carbocycles. The predicted octanol–water partition coefficient (Wildman–Crippen LogP) is 2.94. The smallest absolute Gasteiger partial charge is 0.255 e. The van der Waals surface area contributed by atoms with Crippen LogP contribution in [0.25, 0.3) is 10.8 Å². The molecule has 0 radical (unpaired) electrons. The number of anilines is 1. The van der Waals surface area contributed by atoms with Gasteiger partial charge in [0.25, 0.3) is 5.91 Å². The zero-order valence-corrected chi connectivity index (χ0v) is 13.7. The van der Waals surface area contributed by atoms with Crippen molar-refractivity contribution in [3.63, 3.8) is 0 Å². The van der Waals surface area contributed by atoms with Crippen LogP contribution in [0.2, 0.25) is 0 Å². The van der Waals surface area contributed by atoms with Gasteiger partial charge in [0, 0.05) is 26.8 Å². The molecule has 1 amide bonds. The van der Waals surface area contributed by atoms with Crippen molar-refractivity contribution in [1.82, 2.24) is 10.3 Å². The van der Waals surface area contributed by atoms with Crippen LogP contribution < -0.4 is 10.2 Å². The van der Waals surface area contributed by atoms with E-state index in [-0.39, 0.29) is 17.2 Å². The van der Waals surface area contributed by atoms with Gasteiger partial charge in [-0.1, -0.05) is 24.3 Å². The first kappa shape index (κ1) is 15.8. The molecule has 0 spiro atoms. The van der Waals surface area contributed by atoms with Crippen molar-refractivity contribution in [2.75, 3.05) is 19.0 Å². The third kappa shape index (κ3) is 3.30. The number of phenolic OH excluding ortho intramolecular Hbond substituents is 1. The Labute approximate surface area is 140 Å². The molecule has 0 aliphatic rings. The van der Waals surface area contributed by atoms with Gasteiger partial charge in [-0.2, -0.15) is 0 Å². The summed E-state index contributed by atoms with van der Waals surface area (Å²) in [6.07, 6.45) is 1.71. The fourth-order valence-electron chi connectivity index (χ4n) is 2.50. The van der Waals surface area contributed by atoms with Crippen molar-refractivity contribution in [1.29, 1.82) is 0 Å². The molecule has 5 nitrogen and oxygen atoms in total. The van der Waals surface area contributed by atoms with Gasteiger partial charge in [0.15, 0.2) is 0 Å². The molecule has 0 saturated carbocycles. The number of rotatable bonds is 4. The van der Waals surface area contributed by atoms with Gasteiger partial charge in [-0.15, -0.1) is 0 Å². The molecule has 1 aromatic heterocycles. The standard InChI is InChI=1S/C19H19N3O2/c1-22(2)18-9-13(7-8-20-18)12-21-19(24)16-10-14-5-3-4-6-15(14)11-17(16)23/h3-11,23H,12H2,1-2H3,(H,21,24). The molecule has 0 unspecified atom stereocenters. The van der Waals surface area contributed by atoms with E-state index >= 15 is 0 Å². The number of aromatic hydroxyl groups is 1. The molecule has 0 bridgehead atoms. The molecule has 1 heterocycles. The summed E-state index contributed by atoms with van der Waals surface area (Å²) >= 11 is 0. The van der Waals surface area contributed by atoms with E-state index in [1.54, 1.807) is 18.3 Å². The lowest BCUT2D eigenvalue weighted by atomic mass is 10.1. The normalized spacial score (nSPS) is 10.6. The molecule has 122 valence electrons. The molecular weight excluding hydrogens is 302 g/mol. The second kappa shape index (κ2) is 6.58. The van der Waals surface area contributed by atoms with Crippen molar-refractivity contribution in [3.8, 4) is 5.75 Å². The number of aromatic nitrogens is 1. The van der Waals surface area contributed by atoms with Gasteiger partial charge in [-0.25, -0.2) is 4.98 Å². The maximum absolute atomic E-state index is 12.4. The monoisotopic (exact) mass is 321 g/mol. The minimum atomic E-state index is -0.304. The molecule has 2 N–H and O–H groups in total. The third-order valence-corrected chi connectivity index (χ3v) is 3.83. The molecule has 5 heteroatoms. The summed E-state index contributed by atoms with van der Waals surface area (Å²) in [5.74, 6) is 0.506. The van der Waals surface area contributed by atoms with Crippen LogP contribution in [0.15, 0.2) is 54.7 Å². The average Bonchev–Trinajstić information content (AvgIpc) is 2.59. The van der Waals surface area contributed by atoms with Crippen molar-refractivity contribution in [3.05, 3.63) is 65.9 Å². The number of carbonyl (C=O) groups excluding carboxylic acids is 1. The second-order valence-electron chi connectivity index (χ2n) is 5.82. The van der Waals surface area contributed by atoms with Gasteiger partial charge in [-0.05, 0) is 40.6 Å². The third-order valence-electron chi connectivity index (χ3n) is 3.83. The molecular formula is C19H19N3O2. The van der Waals surface area contributed by atoms with E-state index in [9.17, 15) is 9.90 Å². The Bertz CT molecular complexity index is 891. The van der Waals surface area contributed by atoms with Crippen molar-refractivity contribution < 1.29 is 9.90 Å². The van der Waals surface area contributed by atoms with Crippen LogP contribution >= 0.6 is 0 Å². The van der Waals surface area contributed by atoms with E-state index in [0.717, 1.165) is 22.2 Å². The first-order chi connectivity index (χ1) is 11.5. The van der Waals surface area contributed by atoms with Crippen LogP contribution in [0.4, 0.5) is 5.82 Å².